The van der Waals surface area contributed by atoms with Gasteiger partial charge >= 0.3 is 0 Å². The first-order chi connectivity index (χ1) is 14.1. The van der Waals surface area contributed by atoms with Crippen molar-refractivity contribution in [2.75, 3.05) is 40.4 Å². The van der Waals surface area contributed by atoms with Gasteiger partial charge in [-0.25, -0.2) is 0 Å². The molecule has 6 heteroatoms. The van der Waals surface area contributed by atoms with Gasteiger partial charge < -0.3 is 19.3 Å². The lowest BCUT2D eigenvalue weighted by molar-refractivity contribution is -0.131. The van der Waals surface area contributed by atoms with E-state index in [4.69, 9.17) is 9.47 Å². The van der Waals surface area contributed by atoms with Crippen molar-refractivity contribution in [3.05, 3.63) is 59.7 Å². The van der Waals surface area contributed by atoms with E-state index in [1.165, 1.54) is 5.56 Å². The van der Waals surface area contributed by atoms with Gasteiger partial charge in [-0.1, -0.05) is 30.3 Å². The molecule has 29 heavy (non-hydrogen) atoms. The molecule has 3 rings (SSSR count). The summed E-state index contributed by atoms with van der Waals surface area (Å²) in [5.74, 6) is 1.22. The highest BCUT2D eigenvalue weighted by atomic mass is 16.5. The molecule has 2 amide bonds. The van der Waals surface area contributed by atoms with Gasteiger partial charge in [0.15, 0.2) is 11.5 Å². The molecule has 1 aliphatic rings. The Kier molecular flexibility index (Phi) is 7.11. The number of methoxy groups -OCH3 is 2. The van der Waals surface area contributed by atoms with E-state index in [0.717, 1.165) is 12.8 Å². The monoisotopic (exact) mass is 396 g/mol. The van der Waals surface area contributed by atoms with Crippen molar-refractivity contribution in [1.82, 2.24) is 9.80 Å². The average Bonchev–Trinajstić information content (AvgIpc) is 3.03. The Hall–Kier alpha value is -3.02. The third-order valence-corrected chi connectivity index (χ3v) is 5.24. The van der Waals surface area contributed by atoms with Crippen molar-refractivity contribution in [3.63, 3.8) is 0 Å². The number of nitrogens with zero attached hydrogens (tertiary/aromatic N) is 2. The number of carbonyl (C=O) groups excluding carboxylic acids is 2. The fourth-order valence-electron chi connectivity index (χ4n) is 3.58. The summed E-state index contributed by atoms with van der Waals surface area (Å²) < 4.78 is 10.5. The summed E-state index contributed by atoms with van der Waals surface area (Å²) in [7, 11) is 3.12. The van der Waals surface area contributed by atoms with Crippen LogP contribution in [0.15, 0.2) is 48.5 Å². The van der Waals surface area contributed by atoms with Gasteiger partial charge in [0.1, 0.15) is 0 Å². The van der Waals surface area contributed by atoms with Crippen LogP contribution in [0.3, 0.4) is 0 Å². The molecule has 2 aromatic rings. The van der Waals surface area contributed by atoms with Gasteiger partial charge in [0.05, 0.1) is 14.2 Å². The summed E-state index contributed by atoms with van der Waals surface area (Å²) in [6, 6.07) is 15.2. The molecule has 0 unspecified atom stereocenters. The summed E-state index contributed by atoms with van der Waals surface area (Å²) in [5.41, 5.74) is 1.73. The first-order valence-corrected chi connectivity index (χ1v) is 9.95. The van der Waals surface area contributed by atoms with Crippen LogP contribution in [0.4, 0.5) is 0 Å². The van der Waals surface area contributed by atoms with Crippen molar-refractivity contribution >= 4 is 11.8 Å². The van der Waals surface area contributed by atoms with Crippen molar-refractivity contribution in [2.24, 2.45) is 0 Å². The molecule has 1 heterocycles. The molecule has 0 aliphatic carbocycles. The molecule has 0 aromatic heterocycles. The normalized spacial score (nSPS) is 14.3. The molecule has 0 saturated carbocycles. The Labute approximate surface area is 172 Å². The largest absolute Gasteiger partial charge is 0.493 e. The van der Waals surface area contributed by atoms with Crippen LogP contribution in [-0.4, -0.2) is 62.0 Å². The summed E-state index contributed by atoms with van der Waals surface area (Å²) in [5, 5.41) is 0. The molecule has 0 spiro atoms. The van der Waals surface area contributed by atoms with E-state index < -0.39 is 0 Å². The van der Waals surface area contributed by atoms with E-state index in [9.17, 15) is 9.59 Å². The Morgan fingerprint density at radius 2 is 1.55 bits per heavy atom. The lowest BCUT2D eigenvalue weighted by Crippen LogP contribution is -2.37. The minimum Gasteiger partial charge on any atom is -0.493 e. The van der Waals surface area contributed by atoms with Gasteiger partial charge in [0, 0.05) is 38.2 Å². The molecule has 2 aromatic carbocycles. The number of hydrogen-bond donors (Lipinski definition) is 0. The molecular weight excluding hydrogens is 368 g/mol. The topological polar surface area (TPSA) is 59.1 Å². The summed E-state index contributed by atoms with van der Waals surface area (Å²) in [4.78, 5) is 29.2. The number of rotatable bonds is 6. The van der Waals surface area contributed by atoms with Crippen molar-refractivity contribution < 1.29 is 19.1 Å². The van der Waals surface area contributed by atoms with E-state index >= 15 is 0 Å². The van der Waals surface area contributed by atoms with E-state index in [2.05, 4.69) is 0 Å². The number of aryl methyl sites for hydroxylation is 1. The second-order valence-corrected chi connectivity index (χ2v) is 7.08. The highest BCUT2D eigenvalue weighted by molar-refractivity contribution is 5.95. The number of carbonyl (C=O) groups is 2. The first-order valence-electron chi connectivity index (χ1n) is 9.95. The number of ether oxygens (including phenoxy) is 2. The molecule has 1 fully saturated rings. The van der Waals surface area contributed by atoms with Gasteiger partial charge in [-0.05, 0) is 36.6 Å². The molecule has 1 aliphatic heterocycles. The second-order valence-electron chi connectivity index (χ2n) is 7.08. The Morgan fingerprint density at radius 3 is 2.28 bits per heavy atom. The van der Waals surface area contributed by atoms with E-state index in [1.54, 1.807) is 32.4 Å². The molecule has 0 N–H and O–H groups in total. The van der Waals surface area contributed by atoms with E-state index in [0.29, 0.717) is 49.7 Å². The minimum atomic E-state index is -0.0514. The third kappa shape index (κ3) is 5.28. The first kappa shape index (κ1) is 20.7. The average molecular weight is 396 g/mol. The molecule has 0 atom stereocenters. The lowest BCUT2D eigenvalue weighted by Gasteiger charge is -2.22. The minimum absolute atomic E-state index is 0.0514. The fourth-order valence-corrected chi connectivity index (χ4v) is 3.58. The van der Waals surface area contributed by atoms with Crippen LogP contribution < -0.4 is 9.47 Å². The second kappa shape index (κ2) is 9.96. The van der Waals surface area contributed by atoms with Crippen LogP contribution in [0.2, 0.25) is 0 Å². The Balaban J connectivity index is 1.57. The third-order valence-electron chi connectivity index (χ3n) is 5.24. The standard InChI is InChI=1S/C23H28N2O4/c1-28-20-11-10-19(17-21(20)29-2)23(27)25-14-6-13-24(15-16-25)22(26)12-9-18-7-4-3-5-8-18/h3-5,7-8,10-11,17H,6,9,12-16H2,1-2H3. The Morgan fingerprint density at radius 1 is 0.862 bits per heavy atom. The number of amides is 2. The molecule has 1 saturated heterocycles. The van der Waals surface area contributed by atoms with Crippen LogP contribution in [0, 0.1) is 0 Å². The van der Waals surface area contributed by atoms with Crippen LogP contribution in [0.25, 0.3) is 0 Å². The van der Waals surface area contributed by atoms with Crippen LogP contribution in [0.1, 0.15) is 28.8 Å². The van der Waals surface area contributed by atoms with Gasteiger partial charge in [-0.3, -0.25) is 9.59 Å². The smallest absolute Gasteiger partial charge is 0.254 e. The highest BCUT2D eigenvalue weighted by Crippen LogP contribution is 2.28. The SMILES string of the molecule is COc1ccc(C(=O)N2CCCN(C(=O)CCc3ccccc3)CC2)cc1OC. The maximum Gasteiger partial charge on any atom is 0.254 e. The summed E-state index contributed by atoms with van der Waals surface area (Å²) >= 11 is 0. The quantitative estimate of drug-likeness (QED) is 0.753. The summed E-state index contributed by atoms with van der Waals surface area (Å²) in [6.45, 7) is 2.41. The maximum atomic E-state index is 12.9. The van der Waals surface area contributed by atoms with Gasteiger partial charge in [0.25, 0.3) is 5.91 Å². The number of benzene rings is 2. The van der Waals surface area contributed by atoms with Gasteiger partial charge in [-0.2, -0.15) is 0 Å². The molecule has 6 nitrogen and oxygen atoms in total. The van der Waals surface area contributed by atoms with Crippen LogP contribution in [-0.2, 0) is 11.2 Å². The van der Waals surface area contributed by atoms with Crippen LogP contribution in [0.5, 0.6) is 11.5 Å². The number of hydrogen-bond acceptors (Lipinski definition) is 4. The van der Waals surface area contributed by atoms with E-state index in [-0.39, 0.29) is 11.8 Å². The Bertz CT molecular complexity index is 838. The van der Waals surface area contributed by atoms with Crippen LogP contribution >= 0.6 is 0 Å². The zero-order chi connectivity index (χ0) is 20.6. The van der Waals surface area contributed by atoms with Crippen molar-refractivity contribution in [2.45, 2.75) is 19.3 Å². The van der Waals surface area contributed by atoms with Crippen molar-refractivity contribution in [3.8, 4) is 11.5 Å². The summed E-state index contributed by atoms with van der Waals surface area (Å²) in [6.07, 6.45) is 2.01. The molecule has 0 radical (unpaired) electrons. The van der Waals surface area contributed by atoms with Gasteiger partial charge in [0.2, 0.25) is 5.91 Å². The van der Waals surface area contributed by atoms with Crippen molar-refractivity contribution in [1.29, 1.82) is 0 Å². The molecular formula is C23H28N2O4. The predicted octanol–water partition coefficient (Wildman–Crippen LogP) is 3.01. The zero-order valence-corrected chi connectivity index (χ0v) is 17.1. The molecule has 0 bridgehead atoms. The highest BCUT2D eigenvalue weighted by Gasteiger charge is 2.23. The maximum absolute atomic E-state index is 12.9. The fraction of sp³-hybridized carbons (Fsp3) is 0.391. The predicted molar refractivity (Wildman–Crippen MR) is 111 cm³/mol. The van der Waals surface area contributed by atoms with Gasteiger partial charge in [-0.15, -0.1) is 0 Å². The molecule has 154 valence electrons. The van der Waals surface area contributed by atoms with E-state index in [1.807, 2.05) is 40.1 Å². The zero-order valence-electron chi connectivity index (χ0n) is 17.1. The lowest BCUT2D eigenvalue weighted by atomic mass is 10.1.